The minimum atomic E-state index is -1.17. The molecule has 5 heteroatoms. The highest BCUT2D eigenvalue weighted by atomic mass is 19.1. The van der Waals surface area contributed by atoms with Gasteiger partial charge in [-0.15, -0.1) is 0 Å². The van der Waals surface area contributed by atoms with Gasteiger partial charge in [-0.05, 0) is 57.5 Å². The van der Waals surface area contributed by atoms with E-state index in [1.165, 1.54) is 18.2 Å². The smallest absolute Gasteiger partial charge is 0.325 e. The first-order valence-electron chi connectivity index (χ1n) is 7.78. The number of hydrogen-bond donors (Lipinski definition) is 1. The predicted molar refractivity (Wildman–Crippen MR) is 88.0 cm³/mol. The van der Waals surface area contributed by atoms with Crippen LogP contribution in [0.1, 0.15) is 33.3 Å². The van der Waals surface area contributed by atoms with Gasteiger partial charge in [0, 0.05) is 12.6 Å². The summed E-state index contributed by atoms with van der Waals surface area (Å²) in [5, 5.41) is 2.76. The lowest BCUT2D eigenvalue weighted by molar-refractivity contribution is -0.679. The maximum atomic E-state index is 13.2. The molecule has 0 spiro atoms. The van der Waals surface area contributed by atoms with Gasteiger partial charge in [0.15, 0.2) is 5.41 Å². The lowest BCUT2D eigenvalue weighted by Gasteiger charge is -2.27. The molecular weight excluding hydrogens is 295 g/mol. The summed E-state index contributed by atoms with van der Waals surface area (Å²) in [5.74, 6) is -0.830. The van der Waals surface area contributed by atoms with Crippen molar-refractivity contribution in [1.82, 2.24) is 0 Å². The van der Waals surface area contributed by atoms with E-state index < -0.39 is 5.41 Å². The van der Waals surface area contributed by atoms with E-state index in [1.807, 2.05) is 19.9 Å². The number of aryl methyl sites for hydroxylation is 1. The maximum absolute atomic E-state index is 13.2. The van der Waals surface area contributed by atoms with E-state index in [0.717, 1.165) is 18.8 Å². The van der Waals surface area contributed by atoms with E-state index in [2.05, 4.69) is 5.32 Å². The van der Waals surface area contributed by atoms with Gasteiger partial charge in [-0.3, -0.25) is 4.79 Å². The highest BCUT2D eigenvalue weighted by Gasteiger charge is 2.59. The Bertz CT molecular complexity index is 688. The Balaban J connectivity index is 2.22. The number of quaternary nitrogens is 1. The lowest BCUT2D eigenvalue weighted by Crippen LogP contribution is -2.48. The fourth-order valence-corrected chi connectivity index (χ4v) is 2.74. The molecule has 1 aliphatic rings. The van der Waals surface area contributed by atoms with Gasteiger partial charge in [0.2, 0.25) is 5.91 Å². The third-order valence-corrected chi connectivity index (χ3v) is 4.69. The summed E-state index contributed by atoms with van der Waals surface area (Å²) in [6, 6.07) is 4.16. The van der Waals surface area contributed by atoms with Gasteiger partial charge in [-0.25, -0.2) is 13.7 Å². The SMILES string of the molecule is CC=C(C)[N+]1(C(=O)C(C)(C)C(=O)Nc2ccc(F)cc2C)CC1. The van der Waals surface area contributed by atoms with Gasteiger partial charge in [0.25, 0.3) is 0 Å². The van der Waals surface area contributed by atoms with E-state index in [0.29, 0.717) is 11.3 Å². The third-order valence-electron chi connectivity index (χ3n) is 4.69. The van der Waals surface area contributed by atoms with Gasteiger partial charge < -0.3 is 5.32 Å². The number of carbonyl (C=O) groups excluding carboxylic acids is 2. The van der Waals surface area contributed by atoms with Crippen molar-refractivity contribution >= 4 is 17.5 Å². The standard InChI is InChI=1S/C18H23FN2O2/c1-6-13(3)21(9-10-21)17(23)18(4,5)16(22)20-15-8-7-14(19)11-12(15)2/h6-8,11H,9-10H2,1-5H3/p+1. The average molecular weight is 319 g/mol. The van der Waals surface area contributed by atoms with Crippen LogP contribution in [0.15, 0.2) is 30.0 Å². The van der Waals surface area contributed by atoms with Crippen molar-refractivity contribution in [2.45, 2.75) is 34.6 Å². The number of nitrogens with one attached hydrogen (secondary N) is 1. The fraction of sp³-hybridized carbons (Fsp3) is 0.444. The summed E-state index contributed by atoms with van der Waals surface area (Å²) in [7, 11) is 0. The van der Waals surface area contributed by atoms with Crippen LogP contribution < -0.4 is 5.32 Å². The van der Waals surface area contributed by atoms with Crippen LogP contribution in [-0.4, -0.2) is 29.4 Å². The molecule has 0 radical (unpaired) electrons. The average Bonchev–Trinajstić information content (AvgIpc) is 3.29. The van der Waals surface area contributed by atoms with Gasteiger partial charge in [-0.1, -0.05) is 0 Å². The number of halogens is 1. The molecule has 1 saturated heterocycles. The van der Waals surface area contributed by atoms with Crippen LogP contribution in [0, 0.1) is 18.2 Å². The van der Waals surface area contributed by atoms with E-state index in [-0.39, 0.29) is 22.1 Å². The summed E-state index contributed by atoms with van der Waals surface area (Å²) in [6.07, 6.45) is 1.92. The zero-order valence-corrected chi connectivity index (χ0v) is 14.4. The number of allylic oxidation sites excluding steroid dienone is 2. The second-order valence-electron chi connectivity index (χ2n) is 6.69. The molecule has 0 saturated carbocycles. The van der Waals surface area contributed by atoms with Crippen LogP contribution in [0.25, 0.3) is 0 Å². The molecule has 23 heavy (non-hydrogen) atoms. The number of anilines is 1. The zero-order chi connectivity index (χ0) is 17.4. The minimum absolute atomic E-state index is 0.106. The molecule has 1 aromatic carbocycles. The third kappa shape index (κ3) is 3.06. The predicted octanol–water partition coefficient (Wildman–Crippen LogP) is 3.38. The number of rotatable bonds is 4. The number of benzene rings is 1. The molecule has 1 aliphatic heterocycles. The summed E-state index contributed by atoms with van der Waals surface area (Å²) >= 11 is 0. The Morgan fingerprint density at radius 3 is 2.39 bits per heavy atom. The Hall–Kier alpha value is -2.01. The summed E-state index contributed by atoms with van der Waals surface area (Å²) in [4.78, 5) is 25.6. The Morgan fingerprint density at radius 2 is 1.91 bits per heavy atom. The molecule has 0 aliphatic carbocycles. The minimum Gasteiger partial charge on any atom is -0.325 e. The number of amides is 2. The van der Waals surface area contributed by atoms with Crippen molar-refractivity contribution in [3.8, 4) is 0 Å². The summed E-state index contributed by atoms with van der Waals surface area (Å²) in [6.45, 7) is 10.3. The van der Waals surface area contributed by atoms with Crippen LogP contribution in [-0.2, 0) is 9.59 Å². The Labute approximate surface area is 136 Å². The molecule has 4 nitrogen and oxygen atoms in total. The van der Waals surface area contributed by atoms with Crippen LogP contribution in [0.3, 0.4) is 0 Å². The maximum Gasteiger partial charge on any atom is 0.333 e. The van der Waals surface area contributed by atoms with E-state index in [4.69, 9.17) is 0 Å². The quantitative estimate of drug-likeness (QED) is 0.525. The second kappa shape index (κ2) is 5.89. The van der Waals surface area contributed by atoms with Crippen molar-refractivity contribution in [2.24, 2.45) is 5.41 Å². The van der Waals surface area contributed by atoms with Crippen LogP contribution >= 0.6 is 0 Å². The van der Waals surface area contributed by atoms with Gasteiger partial charge in [-0.2, -0.15) is 0 Å². The first-order valence-corrected chi connectivity index (χ1v) is 7.78. The molecular formula is C18H24FN2O2+. The highest BCUT2D eigenvalue weighted by molar-refractivity contribution is 6.08. The van der Waals surface area contributed by atoms with Crippen molar-refractivity contribution in [1.29, 1.82) is 0 Å². The van der Waals surface area contributed by atoms with E-state index >= 15 is 0 Å². The molecule has 0 unspecified atom stereocenters. The van der Waals surface area contributed by atoms with Gasteiger partial charge in [0.1, 0.15) is 24.6 Å². The van der Waals surface area contributed by atoms with Crippen LogP contribution in [0.4, 0.5) is 10.1 Å². The van der Waals surface area contributed by atoms with E-state index in [1.54, 1.807) is 20.8 Å². The first kappa shape index (κ1) is 17.3. The van der Waals surface area contributed by atoms with Gasteiger partial charge >= 0.3 is 5.91 Å². The summed E-state index contributed by atoms with van der Waals surface area (Å²) in [5.41, 5.74) is 0.954. The monoisotopic (exact) mass is 319 g/mol. The van der Waals surface area contributed by atoms with Crippen molar-refractivity contribution in [2.75, 3.05) is 18.4 Å². The second-order valence-corrected chi connectivity index (χ2v) is 6.69. The van der Waals surface area contributed by atoms with Crippen LogP contribution in [0.5, 0.6) is 0 Å². The number of carbonyl (C=O) groups is 2. The largest absolute Gasteiger partial charge is 0.333 e. The molecule has 2 amide bonds. The highest BCUT2D eigenvalue weighted by Crippen LogP contribution is 2.37. The topological polar surface area (TPSA) is 46.2 Å². The fourth-order valence-electron chi connectivity index (χ4n) is 2.74. The molecule has 2 rings (SSSR count). The molecule has 124 valence electrons. The Kier molecular flexibility index (Phi) is 4.44. The number of nitrogens with zero attached hydrogens (tertiary/aromatic N) is 1. The molecule has 0 bridgehead atoms. The molecule has 1 heterocycles. The van der Waals surface area contributed by atoms with Crippen molar-refractivity contribution < 1.29 is 18.5 Å². The van der Waals surface area contributed by atoms with Crippen LogP contribution in [0.2, 0.25) is 0 Å². The first-order chi connectivity index (χ1) is 10.6. The van der Waals surface area contributed by atoms with Crippen molar-refractivity contribution in [3.05, 3.63) is 41.4 Å². The Morgan fingerprint density at radius 1 is 1.30 bits per heavy atom. The molecule has 1 fully saturated rings. The molecule has 1 aromatic rings. The lowest BCUT2D eigenvalue weighted by atomic mass is 9.89. The van der Waals surface area contributed by atoms with Crippen molar-refractivity contribution in [3.63, 3.8) is 0 Å². The zero-order valence-electron chi connectivity index (χ0n) is 14.4. The molecule has 0 atom stereocenters. The number of hydrogen-bond acceptors (Lipinski definition) is 2. The normalized spacial score (nSPS) is 16.9. The molecule has 1 N–H and O–H groups in total. The van der Waals surface area contributed by atoms with Gasteiger partial charge in [0.05, 0.1) is 0 Å². The summed E-state index contributed by atoms with van der Waals surface area (Å²) < 4.78 is 13.4. The molecule has 0 aromatic heterocycles. The van der Waals surface area contributed by atoms with E-state index in [9.17, 15) is 14.0 Å².